The fourth-order valence-electron chi connectivity index (χ4n) is 2.48. The lowest BCUT2D eigenvalue weighted by atomic mass is 10.1. The summed E-state index contributed by atoms with van der Waals surface area (Å²) in [4.78, 5) is 8.94. The Morgan fingerprint density at radius 1 is 1.30 bits per heavy atom. The smallest absolute Gasteiger partial charge is 0.188 e. The average Bonchev–Trinajstić information content (AvgIpc) is 3.17. The van der Waals surface area contributed by atoms with Crippen molar-refractivity contribution in [2.24, 2.45) is 10.7 Å². The van der Waals surface area contributed by atoms with Crippen molar-refractivity contribution in [3.05, 3.63) is 57.4 Å². The highest BCUT2D eigenvalue weighted by Gasteiger charge is 2.04. The molecule has 4 N–H and O–H groups in total. The third-order valence-corrected chi connectivity index (χ3v) is 4.82. The predicted molar refractivity (Wildman–Crippen MR) is 99.5 cm³/mol. The number of hydrogen-bond acceptors (Lipinski definition) is 2. The van der Waals surface area contributed by atoms with Crippen LogP contribution in [0.1, 0.15) is 10.4 Å². The monoisotopic (exact) mass is 346 g/mol. The van der Waals surface area contributed by atoms with Gasteiger partial charge in [0.1, 0.15) is 0 Å². The molecule has 0 aliphatic heterocycles. The quantitative estimate of drug-likeness (QED) is 0.472. The summed E-state index contributed by atoms with van der Waals surface area (Å²) in [6.45, 7) is 1.45. The fourth-order valence-corrected chi connectivity index (χ4v) is 3.35. The molecule has 0 amide bonds. The Hall–Kier alpha value is -1.98. The molecule has 120 valence electrons. The zero-order valence-electron chi connectivity index (χ0n) is 12.7. The first-order valence-electron chi connectivity index (χ1n) is 7.54. The van der Waals surface area contributed by atoms with Gasteiger partial charge in [0.05, 0.1) is 0 Å². The van der Waals surface area contributed by atoms with Crippen LogP contribution in [-0.4, -0.2) is 24.0 Å². The van der Waals surface area contributed by atoms with Crippen LogP contribution in [-0.2, 0) is 12.8 Å². The van der Waals surface area contributed by atoms with Crippen LogP contribution in [0.2, 0.25) is 5.02 Å². The number of fused-ring (bicyclic) bond motifs is 1. The summed E-state index contributed by atoms with van der Waals surface area (Å²) in [5, 5.41) is 7.15. The van der Waals surface area contributed by atoms with E-state index in [1.165, 1.54) is 10.4 Å². The molecule has 4 nitrogen and oxygen atoms in total. The molecule has 0 spiro atoms. The van der Waals surface area contributed by atoms with Crippen LogP contribution >= 0.6 is 22.9 Å². The summed E-state index contributed by atoms with van der Waals surface area (Å²) in [5.41, 5.74) is 8.23. The molecule has 0 saturated carbocycles. The Bertz CT molecular complexity index is 792. The average molecular weight is 347 g/mol. The molecule has 0 saturated heterocycles. The molecule has 2 aromatic heterocycles. The minimum atomic E-state index is 0.499. The molecular formula is C17H19ClN4S. The van der Waals surface area contributed by atoms with Crippen LogP contribution in [0.15, 0.2) is 46.9 Å². The molecule has 2 heterocycles. The summed E-state index contributed by atoms with van der Waals surface area (Å²) in [6.07, 6.45) is 3.81. The number of halogens is 1. The van der Waals surface area contributed by atoms with Gasteiger partial charge >= 0.3 is 0 Å². The highest BCUT2D eigenvalue weighted by atomic mass is 35.5. The maximum Gasteiger partial charge on any atom is 0.188 e. The van der Waals surface area contributed by atoms with Crippen LogP contribution in [0.4, 0.5) is 0 Å². The first-order valence-corrected chi connectivity index (χ1v) is 8.80. The van der Waals surface area contributed by atoms with Crippen molar-refractivity contribution in [2.75, 3.05) is 13.1 Å². The van der Waals surface area contributed by atoms with E-state index in [1.54, 1.807) is 11.3 Å². The summed E-state index contributed by atoms with van der Waals surface area (Å²) in [5.74, 6) is 0.499. The number of thiophene rings is 1. The number of rotatable bonds is 6. The number of nitrogens with one attached hydrogen (secondary N) is 2. The van der Waals surface area contributed by atoms with Crippen LogP contribution < -0.4 is 11.1 Å². The Kier molecular flexibility index (Phi) is 5.20. The number of benzene rings is 1. The van der Waals surface area contributed by atoms with E-state index in [-0.39, 0.29) is 0 Å². The SMILES string of the molecule is NC(=NCCc1cccs1)NCCc1c[nH]c2ccc(Cl)cc12. The molecule has 0 radical (unpaired) electrons. The molecule has 0 aliphatic rings. The van der Waals surface area contributed by atoms with E-state index in [0.29, 0.717) is 12.5 Å². The van der Waals surface area contributed by atoms with E-state index < -0.39 is 0 Å². The Morgan fingerprint density at radius 3 is 3.04 bits per heavy atom. The largest absolute Gasteiger partial charge is 0.370 e. The van der Waals surface area contributed by atoms with E-state index in [1.807, 2.05) is 24.4 Å². The lowest BCUT2D eigenvalue weighted by molar-refractivity contribution is 0.848. The highest BCUT2D eigenvalue weighted by Crippen LogP contribution is 2.22. The number of nitrogens with zero attached hydrogens (tertiary/aromatic N) is 1. The zero-order valence-corrected chi connectivity index (χ0v) is 14.3. The zero-order chi connectivity index (χ0) is 16.1. The van der Waals surface area contributed by atoms with Gasteiger partial charge in [0.15, 0.2) is 5.96 Å². The molecule has 0 aliphatic carbocycles. The summed E-state index contributed by atoms with van der Waals surface area (Å²) >= 11 is 7.81. The van der Waals surface area contributed by atoms with Crippen molar-refractivity contribution in [3.63, 3.8) is 0 Å². The molecule has 0 bridgehead atoms. The van der Waals surface area contributed by atoms with Gasteiger partial charge in [0.2, 0.25) is 0 Å². The van der Waals surface area contributed by atoms with Gasteiger partial charge < -0.3 is 16.0 Å². The maximum atomic E-state index is 6.06. The molecule has 0 fully saturated rings. The number of aliphatic imine (C=N–C) groups is 1. The number of hydrogen-bond donors (Lipinski definition) is 3. The number of aromatic amines is 1. The van der Waals surface area contributed by atoms with E-state index in [2.05, 4.69) is 32.8 Å². The first kappa shape index (κ1) is 15.9. The lowest BCUT2D eigenvalue weighted by Gasteiger charge is -2.05. The number of H-pyrrole nitrogens is 1. The number of guanidine groups is 1. The van der Waals surface area contributed by atoms with Gasteiger partial charge in [-0.3, -0.25) is 4.99 Å². The minimum Gasteiger partial charge on any atom is -0.370 e. The van der Waals surface area contributed by atoms with Gasteiger partial charge in [-0.15, -0.1) is 11.3 Å². The molecule has 6 heteroatoms. The normalized spacial score (nSPS) is 12.0. The third kappa shape index (κ3) is 4.27. The van der Waals surface area contributed by atoms with Gasteiger partial charge in [-0.1, -0.05) is 17.7 Å². The van der Waals surface area contributed by atoms with Gasteiger partial charge in [-0.25, -0.2) is 0 Å². The van der Waals surface area contributed by atoms with Crippen molar-refractivity contribution in [1.29, 1.82) is 0 Å². The second-order valence-corrected chi connectivity index (χ2v) is 6.75. The molecule has 3 rings (SSSR count). The second kappa shape index (κ2) is 7.53. The third-order valence-electron chi connectivity index (χ3n) is 3.65. The second-order valence-electron chi connectivity index (χ2n) is 5.28. The Balaban J connectivity index is 1.49. The Morgan fingerprint density at radius 2 is 2.22 bits per heavy atom. The van der Waals surface area contributed by atoms with Gasteiger partial charge in [0, 0.05) is 46.5 Å². The van der Waals surface area contributed by atoms with Crippen molar-refractivity contribution in [1.82, 2.24) is 10.3 Å². The topological polar surface area (TPSA) is 66.2 Å². The molecule has 0 atom stereocenters. The van der Waals surface area contributed by atoms with Gasteiger partial charge in [-0.2, -0.15) is 0 Å². The van der Waals surface area contributed by atoms with Crippen LogP contribution in [0.5, 0.6) is 0 Å². The van der Waals surface area contributed by atoms with E-state index in [4.69, 9.17) is 17.3 Å². The van der Waals surface area contributed by atoms with Crippen LogP contribution in [0, 0.1) is 0 Å². The molecule has 0 unspecified atom stereocenters. The number of nitrogens with two attached hydrogens (primary N) is 1. The lowest BCUT2D eigenvalue weighted by Crippen LogP contribution is -2.33. The van der Waals surface area contributed by atoms with E-state index in [0.717, 1.165) is 35.3 Å². The maximum absolute atomic E-state index is 6.06. The van der Waals surface area contributed by atoms with Crippen LogP contribution in [0.3, 0.4) is 0 Å². The molecule has 23 heavy (non-hydrogen) atoms. The highest BCUT2D eigenvalue weighted by molar-refractivity contribution is 7.09. The van der Waals surface area contributed by atoms with Crippen molar-refractivity contribution in [3.8, 4) is 0 Å². The predicted octanol–water partition coefficient (Wildman–Crippen LogP) is 3.57. The minimum absolute atomic E-state index is 0.499. The molecule has 3 aromatic rings. The van der Waals surface area contributed by atoms with Crippen molar-refractivity contribution in [2.45, 2.75) is 12.8 Å². The standard InChI is InChI=1S/C17H19ClN4S/c18-13-3-4-16-15(10-13)12(11-22-16)5-7-20-17(19)21-8-6-14-2-1-9-23-14/h1-4,9-11,22H,5-8H2,(H3,19,20,21). The fraction of sp³-hybridized carbons (Fsp3) is 0.235. The molecule has 1 aromatic carbocycles. The summed E-state index contributed by atoms with van der Waals surface area (Å²) in [7, 11) is 0. The van der Waals surface area contributed by atoms with E-state index >= 15 is 0 Å². The molecular weight excluding hydrogens is 328 g/mol. The van der Waals surface area contributed by atoms with Gasteiger partial charge in [0.25, 0.3) is 0 Å². The van der Waals surface area contributed by atoms with Crippen LogP contribution in [0.25, 0.3) is 10.9 Å². The summed E-state index contributed by atoms with van der Waals surface area (Å²) < 4.78 is 0. The summed E-state index contributed by atoms with van der Waals surface area (Å²) in [6, 6.07) is 10.0. The Labute approximate surface area is 144 Å². The van der Waals surface area contributed by atoms with Gasteiger partial charge in [-0.05, 0) is 41.6 Å². The van der Waals surface area contributed by atoms with Crippen molar-refractivity contribution < 1.29 is 0 Å². The number of aromatic nitrogens is 1. The van der Waals surface area contributed by atoms with Crippen molar-refractivity contribution >= 4 is 39.8 Å². The van der Waals surface area contributed by atoms with E-state index in [9.17, 15) is 0 Å². The first-order chi connectivity index (χ1) is 11.2.